The van der Waals surface area contributed by atoms with Crippen molar-refractivity contribution in [3.05, 3.63) is 70.2 Å². The maximum Gasteiger partial charge on any atom is 0.251 e. The number of rotatable bonds is 2. The molecular formula is C15H10ClN3O. The van der Waals surface area contributed by atoms with Crippen LogP contribution < -0.4 is 5.56 Å². The smallest absolute Gasteiger partial charge is 0.251 e. The van der Waals surface area contributed by atoms with Crippen LogP contribution in [0.15, 0.2) is 59.7 Å². The van der Waals surface area contributed by atoms with Gasteiger partial charge in [0.15, 0.2) is 0 Å². The van der Waals surface area contributed by atoms with Crippen LogP contribution in [0.25, 0.3) is 22.6 Å². The minimum Gasteiger partial charge on any atom is -0.306 e. The van der Waals surface area contributed by atoms with Gasteiger partial charge in [-0.2, -0.15) is 0 Å². The lowest BCUT2D eigenvalue weighted by Crippen LogP contribution is -2.08. The minimum atomic E-state index is -0.205. The van der Waals surface area contributed by atoms with E-state index in [1.54, 1.807) is 30.6 Å². The van der Waals surface area contributed by atoms with Gasteiger partial charge < -0.3 is 4.98 Å². The largest absolute Gasteiger partial charge is 0.306 e. The van der Waals surface area contributed by atoms with Crippen molar-refractivity contribution in [1.29, 1.82) is 0 Å². The highest BCUT2D eigenvalue weighted by Crippen LogP contribution is 2.20. The van der Waals surface area contributed by atoms with E-state index in [0.29, 0.717) is 16.5 Å². The highest BCUT2D eigenvalue weighted by atomic mass is 35.5. The van der Waals surface area contributed by atoms with Crippen molar-refractivity contribution in [3.63, 3.8) is 0 Å². The molecule has 20 heavy (non-hydrogen) atoms. The summed E-state index contributed by atoms with van der Waals surface area (Å²) in [6, 6.07) is 12.3. The fourth-order valence-electron chi connectivity index (χ4n) is 1.87. The van der Waals surface area contributed by atoms with Crippen molar-refractivity contribution in [2.24, 2.45) is 0 Å². The lowest BCUT2D eigenvalue weighted by Gasteiger charge is -2.04. The molecule has 0 saturated heterocycles. The zero-order valence-electron chi connectivity index (χ0n) is 10.4. The zero-order chi connectivity index (χ0) is 13.9. The molecule has 98 valence electrons. The lowest BCUT2D eigenvalue weighted by molar-refractivity contribution is 1.12. The van der Waals surface area contributed by atoms with E-state index in [9.17, 15) is 4.79 Å². The van der Waals surface area contributed by atoms with Crippen molar-refractivity contribution >= 4 is 11.6 Å². The molecule has 0 saturated carbocycles. The molecule has 0 spiro atoms. The van der Waals surface area contributed by atoms with Crippen LogP contribution in [0.1, 0.15) is 0 Å². The average Bonchev–Trinajstić information content (AvgIpc) is 2.48. The van der Waals surface area contributed by atoms with Crippen molar-refractivity contribution in [2.75, 3.05) is 0 Å². The number of halogens is 1. The molecule has 1 aromatic carbocycles. The summed E-state index contributed by atoms with van der Waals surface area (Å²) in [7, 11) is 0. The van der Waals surface area contributed by atoms with Gasteiger partial charge in [0.25, 0.3) is 5.56 Å². The van der Waals surface area contributed by atoms with Gasteiger partial charge in [0.1, 0.15) is 5.82 Å². The number of hydrogen-bond acceptors (Lipinski definition) is 3. The summed E-state index contributed by atoms with van der Waals surface area (Å²) >= 11 is 5.86. The fourth-order valence-corrected chi connectivity index (χ4v) is 1.99. The van der Waals surface area contributed by atoms with Crippen LogP contribution in [-0.2, 0) is 0 Å². The molecule has 1 N–H and O–H groups in total. The predicted molar refractivity (Wildman–Crippen MR) is 78.5 cm³/mol. The van der Waals surface area contributed by atoms with E-state index >= 15 is 0 Å². The van der Waals surface area contributed by atoms with Crippen LogP contribution in [0.3, 0.4) is 0 Å². The Morgan fingerprint density at radius 3 is 2.55 bits per heavy atom. The summed E-state index contributed by atoms with van der Waals surface area (Å²) in [5.74, 6) is 0.496. The first-order valence-corrected chi connectivity index (χ1v) is 6.38. The molecule has 0 radical (unpaired) electrons. The van der Waals surface area contributed by atoms with E-state index in [1.807, 2.05) is 18.2 Å². The predicted octanol–water partition coefficient (Wildman–Crippen LogP) is 3.15. The SMILES string of the molecule is O=c1cc(-c2ccc(Cl)cc2)nc(-c2cccnc2)[nH]1. The van der Waals surface area contributed by atoms with Gasteiger partial charge in [0.2, 0.25) is 0 Å². The molecule has 0 aliphatic rings. The van der Waals surface area contributed by atoms with Crippen LogP contribution in [0.4, 0.5) is 0 Å². The molecule has 3 rings (SSSR count). The molecule has 0 aliphatic heterocycles. The zero-order valence-corrected chi connectivity index (χ0v) is 11.1. The van der Waals surface area contributed by atoms with Crippen LogP contribution in [0.5, 0.6) is 0 Å². The first-order valence-electron chi connectivity index (χ1n) is 6.00. The summed E-state index contributed by atoms with van der Waals surface area (Å²) < 4.78 is 0. The molecular weight excluding hydrogens is 274 g/mol. The Kier molecular flexibility index (Phi) is 3.31. The summed E-state index contributed by atoms with van der Waals surface area (Å²) in [4.78, 5) is 23.0. The summed E-state index contributed by atoms with van der Waals surface area (Å²) in [6.45, 7) is 0. The maximum absolute atomic E-state index is 11.8. The second-order valence-electron chi connectivity index (χ2n) is 4.23. The van der Waals surface area contributed by atoms with Gasteiger partial charge in [0, 0.05) is 34.6 Å². The van der Waals surface area contributed by atoms with E-state index < -0.39 is 0 Å². The molecule has 4 nitrogen and oxygen atoms in total. The normalized spacial score (nSPS) is 10.4. The van der Waals surface area contributed by atoms with E-state index in [-0.39, 0.29) is 5.56 Å². The second kappa shape index (κ2) is 5.27. The average molecular weight is 284 g/mol. The Hall–Kier alpha value is -2.46. The lowest BCUT2D eigenvalue weighted by atomic mass is 10.1. The van der Waals surface area contributed by atoms with Crippen LogP contribution in [-0.4, -0.2) is 15.0 Å². The van der Waals surface area contributed by atoms with Crippen molar-refractivity contribution < 1.29 is 0 Å². The Balaban J connectivity index is 2.12. The molecule has 0 atom stereocenters. The third-order valence-corrected chi connectivity index (χ3v) is 3.07. The molecule has 0 amide bonds. The molecule has 0 bridgehead atoms. The Morgan fingerprint density at radius 2 is 1.85 bits per heavy atom. The summed E-state index contributed by atoms with van der Waals surface area (Å²) in [6.07, 6.45) is 3.33. The van der Waals surface area contributed by atoms with Crippen molar-refractivity contribution in [2.45, 2.75) is 0 Å². The summed E-state index contributed by atoms with van der Waals surface area (Å²) in [5, 5.41) is 0.645. The number of benzene rings is 1. The van der Waals surface area contributed by atoms with Gasteiger partial charge >= 0.3 is 0 Å². The van der Waals surface area contributed by atoms with Crippen molar-refractivity contribution in [3.8, 4) is 22.6 Å². The number of aromatic nitrogens is 3. The Bertz CT molecular complexity index is 782. The van der Waals surface area contributed by atoms with Crippen molar-refractivity contribution in [1.82, 2.24) is 15.0 Å². The highest BCUT2D eigenvalue weighted by Gasteiger charge is 2.06. The van der Waals surface area contributed by atoms with Gasteiger partial charge in [-0.25, -0.2) is 4.98 Å². The Morgan fingerprint density at radius 1 is 1.05 bits per heavy atom. The van der Waals surface area contributed by atoms with Gasteiger partial charge in [-0.15, -0.1) is 0 Å². The van der Waals surface area contributed by atoms with Crippen LogP contribution in [0, 0.1) is 0 Å². The monoisotopic (exact) mass is 283 g/mol. The van der Waals surface area contributed by atoms with E-state index in [4.69, 9.17) is 11.6 Å². The standard InChI is InChI=1S/C15H10ClN3O/c16-12-5-3-10(4-6-12)13-8-14(20)19-15(18-13)11-2-1-7-17-9-11/h1-9H,(H,18,19,20). The summed E-state index contributed by atoms with van der Waals surface area (Å²) in [5.41, 5.74) is 2.00. The first-order chi connectivity index (χ1) is 9.72. The quantitative estimate of drug-likeness (QED) is 0.786. The molecule has 2 aromatic heterocycles. The molecule has 0 fully saturated rings. The minimum absolute atomic E-state index is 0.205. The van der Waals surface area contributed by atoms with Gasteiger partial charge in [-0.05, 0) is 24.3 Å². The number of H-pyrrole nitrogens is 1. The third kappa shape index (κ3) is 2.60. The van der Waals surface area contributed by atoms with E-state index in [2.05, 4.69) is 15.0 Å². The number of nitrogens with one attached hydrogen (secondary N) is 1. The number of nitrogens with zero attached hydrogens (tertiary/aromatic N) is 2. The topological polar surface area (TPSA) is 58.6 Å². The number of aromatic amines is 1. The van der Waals surface area contributed by atoms with Gasteiger partial charge in [-0.3, -0.25) is 9.78 Å². The number of pyridine rings is 1. The molecule has 2 heterocycles. The van der Waals surface area contributed by atoms with Gasteiger partial charge in [0.05, 0.1) is 5.69 Å². The maximum atomic E-state index is 11.8. The molecule has 0 unspecified atom stereocenters. The van der Waals surface area contributed by atoms with Gasteiger partial charge in [-0.1, -0.05) is 23.7 Å². The molecule has 5 heteroatoms. The molecule has 0 aliphatic carbocycles. The fraction of sp³-hybridized carbons (Fsp3) is 0. The Labute approximate surface area is 120 Å². The van der Waals surface area contributed by atoms with Crippen LogP contribution in [0.2, 0.25) is 5.02 Å². The van der Waals surface area contributed by atoms with E-state index in [0.717, 1.165) is 11.1 Å². The first kappa shape index (κ1) is 12.6. The van der Waals surface area contributed by atoms with Crippen LogP contribution >= 0.6 is 11.6 Å². The van der Waals surface area contributed by atoms with E-state index in [1.165, 1.54) is 6.07 Å². The third-order valence-electron chi connectivity index (χ3n) is 2.82. The molecule has 3 aromatic rings. The number of hydrogen-bond donors (Lipinski definition) is 1. The second-order valence-corrected chi connectivity index (χ2v) is 4.66. The highest BCUT2D eigenvalue weighted by molar-refractivity contribution is 6.30.